The second kappa shape index (κ2) is 12.0. The van der Waals surface area contributed by atoms with E-state index < -0.39 is 52.6 Å². The van der Waals surface area contributed by atoms with E-state index in [2.05, 4.69) is 5.43 Å². The van der Waals surface area contributed by atoms with Gasteiger partial charge in [0.05, 0.1) is 28.9 Å². The maximum Gasteiger partial charge on any atom is 0.260 e. The molecule has 49 heavy (non-hydrogen) atoms. The summed E-state index contributed by atoms with van der Waals surface area (Å²) in [4.78, 5) is 59.7. The quantitative estimate of drug-likeness (QED) is 0.216. The fraction of sp³-hybridized carbons (Fsp3) is 0.368. The number of halogens is 3. The minimum absolute atomic E-state index is 0.0657. The molecule has 8 nitrogen and oxygen atoms in total. The van der Waals surface area contributed by atoms with Crippen LogP contribution in [0, 0.1) is 29.5 Å². The molecule has 2 saturated heterocycles. The zero-order valence-corrected chi connectivity index (χ0v) is 28.0. The Hall–Kier alpha value is -4.21. The third-order valence-electron chi connectivity index (χ3n) is 11.5. The Bertz CT molecular complexity index is 1910. The number of hydrazine groups is 1. The number of phenolic OH excluding ortho intramolecular Hbond substituents is 1. The number of hydrogen-bond acceptors (Lipinski definition) is 6. The summed E-state index contributed by atoms with van der Waals surface area (Å²) in [5.74, 6) is -5.51. The average Bonchev–Trinajstić information content (AvgIpc) is 3.47. The maximum absolute atomic E-state index is 15.2. The number of carbonyl (C=O) groups excluding carboxylic acids is 4. The molecule has 6 atom stereocenters. The molecular weight excluding hydrogens is 668 g/mol. The monoisotopic (exact) mass is 701 g/mol. The number of amides is 4. The largest absolute Gasteiger partial charge is 0.508 e. The first kappa shape index (κ1) is 32.0. The van der Waals surface area contributed by atoms with Gasteiger partial charge in [0, 0.05) is 22.0 Å². The molecule has 252 valence electrons. The molecule has 0 bridgehead atoms. The lowest BCUT2D eigenvalue weighted by atomic mass is 9.49. The third kappa shape index (κ3) is 4.83. The van der Waals surface area contributed by atoms with Crippen LogP contribution in [0.3, 0.4) is 0 Å². The molecule has 2 N–H and O–H groups in total. The number of fused-ring (bicyclic) bond motifs is 4. The molecule has 3 aromatic rings. The summed E-state index contributed by atoms with van der Waals surface area (Å²) >= 11 is 13.3. The summed E-state index contributed by atoms with van der Waals surface area (Å²) in [5, 5.41) is 12.0. The van der Waals surface area contributed by atoms with Crippen molar-refractivity contribution in [3.8, 4) is 5.75 Å². The number of carbonyl (C=O) groups is 4. The van der Waals surface area contributed by atoms with Crippen molar-refractivity contribution in [2.75, 3.05) is 5.43 Å². The Kier molecular flexibility index (Phi) is 7.83. The van der Waals surface area contributed by atoms with Crippen LogP contribution in [0.2, 0.25) is 10.0 Å². The van der Waals surface area contributed by atoms with Gasteiger partial charge in [-0.25, -0.2) is 4.39 Å². The van der Waals surface area contributed by atoms with Crippen LogP contribution in [-0.2, 0) is 24.6 Å². The van der Waals surface area contributed by atoms with Gasteiger partial charge in [-0.3, -0.25) is 29.5 Å². The van der Waals surface area contributed by atoms with E-state index in [0.717, 1.165) is 42.7 Å². The van der Waals surface area contributed by atoms with Crippen LogP contribution in [0.25, 0.3) is 0 Å². The fourth-order valence-electron chi connectivity index (χ4n) is 9.47. The highest BCUT2D eigenvalue weighted by Crippen LogP contribution is 2.65. The minimum atomic E-state index is -1.54. The number of aromatic hydroxyl groups is 1. The highest BCUT2D eigenvalue weighted by atomic mass is 35.5. The molecule has 0 radical (unpaired) electrons. The van der Waals surface area contributed by atoms with Crippen LogP contribution in [-0.4, -0.2) is 44.7 Å². The Morgan fingerprint density at radius 1 is 0.837 bits per heavy atom. The number of rotatable bonds is 5. The lowest BCUT2D eigenvalue weighted by Crippen LogP contribution is -2.53. The molecule has 0 aromatic heterocycles. The van der Waals surface area contributed by atoms with Gasteiger partial charge in [-0.1, -0.05) is 72.3 Å². The minimum Gasteiger partial charge on any atom is -0.508 e. The molecule has 3 aliphatic carbocycles. The molecule has 0 spiro atoms. The molecule has 11 heteroatoms. The topological polar surface area (TPSA) is 107 Å². The van der Waals surface area contributed by atoms with Crippen molar-refractivity contribution in [2.24, 2.45) is 23.7 Å². The number of phenols is 1. The summed E-state index contributed by atoms with van der Waals surface area (Å²) in [6, 6.07) is 16.6. The van der Waals surface area contributed by atoms with E-state index in [-0.39, 0.29) is 35.0 Å². The molecule has 4 amide bonds. The normalized spacial score (nSPS) is 29.9. The van der Waals surface area contributed by atoms with Gasteiger partial charge in [0.25, 0.3) is 11.8 Å². The highest BCUT2D eigenvalue weighted by molar-refractivity contribution is 6.32. The van der Waals surface area contributed by atoms with Gasteiger partial charge < -0.3 is 5.11 Å². The molecule has 3 aromatic carbocycles. The summed E-state index contributed by atoms with van der Waals surface area (Å²) < 4.78 is 13.8. The van der Waals surface area contributed by atoms with Crippen molar-refractivity contribution in [3.05, 3.63) is 105 Å². The lowest BCUT2D eigenvalue weighted by Gasteiger charge is -2.50. The van der Waals surface area contributed by atoms with Gasteiger partial charge in [0.15, 0.2) is 0 Å². The number of benzene rings is 3. The molecule has 4 fully saturated rings. The van der Waals surface area contributed by atoms with E-state index in [1.807, 2.05) is 6.08 Å². The summed E-state index contributed by atoms with van der Waals surface area (Å²) in [6.07, 6.45) is 7.02. The van der Waals surface area contributed by atoms with Crippen molar-refractivity contribution in [1.29, 1.82) is 0 Å². The van der Waals surface area contributed by atoms with E-state index in [4.69, 9.17) is 23.2 Å². The van der Waals surface area contributed by atoms with Crippen LogP contribution in [0.1, 0.15) is 62.0 Å². The van der Waals surface area contributed by atoms with Gasteiger partial charge in [-0.05, 0) is 91.3 Å². The van der Waals surface area contributed by atoms with Crippen LogP contribution in [0.4, 0.5) is 10.1 Å². The molecular formula is C38H34Cl2FN3O5. The van der Waals surface area contributed by atoms with Gasteiger partial charge in [-0.15, -0.1) is 0 Å². The van der Waals surface area contributed by atoms with Crippen molar-refractivity contribution in [1.82, 2.24) is 9.91 Å². The Morgan fingerprint density at radius 2 is 1.55 bits per heavy atom. The molecule has 2 saturated carbocycles. The standard InChI is InChI=1S/C38H34Cl2FN3O5/c39-21-8-6-20(7-9-21)38-30(35(47)44(37(38)49)42-23-12-10-22(41)11-13-23)19-29-26(33(38)27-15-14-25(45)18-31(27)40)16-17-28-32(29)36(48)43(34(28)46)24-4-2-1-3-5-24/h6-16,18,24,28-30,32-33,42,45H,1-5,17,19H2. The van der Waals surface area contributed by atoms with E-state index >= 15 is 4.79 Å². The van der Waals surface area contributed by atoms with Crippen LogP contribution >= 0.6 is 23.2 Å². The molecule has 2 aliphatic heterocycles. The number of imide groups is 2. The number of nitrogens with one attached hydrogen (secondary N) is 1. The van der Waals surface area contributed by atoms with Crippen molar-refractivity contribution < 1.29 is 28.7 Å². The van der Waals surface area contributed by atoms with Gasteiger partial charge >= 0.3 is 0 Å². The van der Waals surface area contributed by atoms with Crippen LogP contribution < -0.4 is 5.43 Å². The molecule has 2 heterocycles. The SMILES string of the molecule is O=C1C2CC3C(=CCC4C(=O)N(C5CCCCC5)C(=O)C43)C(c3ccc(O)cc3Cl)C2(c2ccc(Cl)cc2)C(=O)N1Nc1ccc(F)cc1. The first-order valence-corrected chi connectivity index (χ1v) is 17.6. The van der Waals surface area contributed by atoms with E-state index in [9.17, 15) is 23.9 Å². The van der Waals surface area contributed by atoms with Crippen molar-refractivity contribution in [2.45, 2.75) is 62.3 Å². The molecule has 8 rings (SSSR count). The second-order valence-corrected chi connectivity index (χ2v) is 14.8. The molecule has 5 aliphatic rings. The average molecular weight is 703 g/mol. The number of hydrogen-bond donors (Lipinski definition) is 2. The number of anilines is 1. The fourth-order valence-corrected chi connectivity index (χ4v) is 9.88. The zero-order valence-electron chi connectivity index (χ0n) is 26.5. The Labute approximate surface area is 292 Å². The number of nitrogens with zero attached hydrogens (tertiary/aromatic N) is 2. The van der Waals surface area contributed by atoms with Crippen LogP contribution in [0.15, 0.2) is 78.4 Å². The van der Waals surface area contributed by atoms with Gasteiger partial charge in [0.2, 0.25) is 11.8 Å². The number of likely N-dealkylation sites (tertiary alicyclic amines) is 1. The Morgan fingerprint density at radius 3 is 2.24 bits per heavy atom. The number of allylic oxidation sites excluding steroid dienone is 2. The van der Waals surface area contributed by atoms with E-state index in [1.165, 1.54) is 41.3 Å². The summed E-state index contributed by atoms with van der Waals surface area (Å²) in [5.41, 5.74) is 3.56. The third-order valence-corrected chi connectivity index (χ3v) is 12.1. The highest BCUT2D eigenvalue weighted by Gasteiger charge is 2.70. The van der Waals surface area contributed by atoms with Crippen molar-refractivity contribution >= 4 is 52.5 Å². The predicted octanol–water partition coefficient (Wildman–Crippen LogP) is 7.16. The van der Waals surface area contributed by atoms with Gasteiger partial charge in [-0.2, -0.15) is 5.01 Å². The second-order valence-electron chi connectivity index (χ2n) is 13.9. The molecule has 6 unspecified atom stereocenters. The zero-order chi connectivity index (χ0) is 34.2. The van der Waals surface area contributed by atoms with Crippen LogP contribution in [0.5, 0.6) is 5.75 Å². The van der Waals surface area contributed by atoms with E-state index in [1.54, 1.807) is 30.3 Å². The smallest absolute Gasteiger partial charge is 0.260 e. The van der Waals surface area contributed by atoms with E-state index in [0.29, 0.717) is 28.3 Å². The Balaban J connectivity index is 1.32. The lowest BCUT2D eigenvalue weighted by molar-refractivity contribution is -0.144. The predicted molar refractivity (Wildman–Crippen MR) is 181 cm³/mol. The van der Waals surface area contributed by atoms with Crippen molar-refractivity contribution in [3.63, 3.8) is 0 Å². The summed E-state index contributed by atoms with van der Waals surface area (Å²) in [7, 11) is 0. The van der Waals surface area contributed by atoms with Gasteiger partial charge in [0.1, 0.15) is 11.6 Å². The first-order valence-electron chi connectivity index (χ1n) is 16.8. The maximum atomic E-state index is 15.2. The first-order chi connectivity index (χ1) is 23.6. The summed E-state index contributed by atoms with van der Waals surface area (Å²) in [6.45, 7) is 0.